The summed E-state index contributed by atoms with van der Waals surface area (Å²) in [5.41, 5.74) is 0.301. The summed E-state index contributed by atoms with van der Waals surface area (Å²) in [4.78, 5) is 39.9. The molecule has 3 heterocycles. The van der Waals surface area contributed by atoms with Gasteiger partial charge in [0.05, 0.1) is 0 Å². The highest BCUT2D eigenvalue weighted by atomic mass is 32.2. The SMILES string of the molecule is CSCCCNc1nc(C(C)(C)C)ncc1C(=O)N(CC(C)C)[C@@H]1CNC[C@H](N2CCCNC2=O)C1. The third-order valence-corrected chi connectivity index (χ3v) is 7.33. The van der Waals surface area contributed by atoms with E-state index in [0.717, 1.165) is 57.0 Å². The lowest BCUT2D eigenvalue weighted by Crippen LogP contribution is -2.61. The molecule has 36 heavy (non-hydrogen) atoms. The van der Waals surface area contributed by atoms with Gasteiger partial charge in [-0.2, -0.15) is 11.8 Å². The van der Waals surface area contributed by atoms with Gasteiger partial charge in [-0.05, 0) is 37.2 Å². The predicted octanol–water partition coefficient (Wildman–Crippen LogP) is 3.18. The van der Waals surface area contributed by atoms with E-state index >= 15 is 0 Å². The Kier molecular flexibility index (Phi) is 10.2. The van der Waals surface area contributed by atoms with Gasteiger partial charge in [0.2, 0.25) is 0 Å². The zero-order valence-electron chi connectivity index (χ0n) is 22.9. The largest absolute Gasteiger partial charge is 0.369 e. The first kappa shape index (κ1) is 28.5. The molecule has 9 nitrogen and oxygen atoms in total. The van der Waals surface area contributed by atoms with Gasteiger partial charge in [-0.25, -0.2) is 14.8 Å². The fourth-order valence-electron chi connectivity index (χ4n) is 4.77. The van der Waals surface area contributed by atoms with Crippen LogP contribution in [0.25, 0.3) is 0 Å². The van der Waals surface area contributed by atoms with Crippen molar-refractivity contribution in [2.24, 2.45) is 5.92 Å². The lowest BCUT2D eigenvalue weighted by atomic mass is 9.95. The first-order valence-electron chi connectivity index (χ1n) is 13.3. The van der Waals surface area contributed by atoms with Crippen LogP contribution in [0.1, 0.15) is 70.1 Å². The van der Waals surface area contributed by atoms with Gasteiger partial charge >= 0.3 is 6.03 Å². The normalized spacial score (nSPS) is 20.9. The molecule has 2 atom stereocenters. The predicted molar refractivity (Wildman–Crippen MR) is 148 cm³/mol. The molecular weight excluding hydrogens is 474 g/mol. The molecule has 0 bridgehead atoms. The highest BCUT2D eigenvalue weighted by molar-refractivity contribution is 7.98. The molecule has 1 aromatic heterocycles. The van der Waals surface area contributed by atoms with E-state index in [2.05, 4.69) is 61.8 Å². The van der Waals surface area contributed by atoms with Crippen molar-refractivity contribution in [1.29, 1.82) is 0 Å². The number of rotatable bonds is 10. The number of thioether (sulfide) groups is 1. The Bertz CT molecular complexity index is 890. The van der Waals surface area contributed by atoms with Crippen LogP contribution in [-0.2, 0) is 5.41 Å². The van der Waals surface area contributed by atoms with Crippen LogP contribution >= 0.6 is 11.8 Å². The standard InChI is InChI=1S/C26H45N7O2S/c1-18(2)17-33(20-13-19(14-27-15-20)32-11-7-9-29-25(32)35)23(34)21-16-30-24(26(3,4)5)31-22(21)28-10-8-12-36-6/h16,18-20,27H,7-15,17H2,1-6H3,(H,29,35)(H,28,30,31)/t19-,20+/m1/s1. The van der Waals surface area contributed by atoms with E-state index in [1.165, 1.54) is 0 Å². The zero-order chi connectivity index (χ0) is 26.3. The van der Waals surface area contributed by atoms with E-state index in [1.807, 2.05) is 21.6 Å². The Morgan fingerprint density at radius 1 is 1.33 bits per heavy atom. The minimum atomic E-state index is -0.218. The van der Waals surface area contributed by atoms with Gasteiger partial charge in [-0.15, -0.1) is 0 Å². The summed E-state index contributed by atoms with van der Waals surface area (Å²) in [6.07, 6.45) is 6.50. The first-order chi connectivity index (χ1) is 17.1. The van der Waals surface area contributed by atoms with E-state index in [9.17, 15) is 9.59 Å². The minimum absolute atomic E-state index is 0.00154. The fourth-order valence-corrected chi connectivity index (χ4v) is 5.21. The number of hydrogen-bond acceptors (Lipinski definition) is 7. The molecule has 10 heteroatoms. The van der Waals surface area contributed by atoms with Crippen LogP contribution in [0.3, 0.4) is 0 Å². The van der Waals surface area contributed by atoms with Crippen LogP contribution in [0.5, 0.6) is 0 Å². The number of carbonyl (C=O) groups is 2. The lowest BCUT2D eigenvalue weighted by molar-refractivity contribution is 0.0548. The number of nitrogens with zero attached hydrogens (tertiary/aromatic N) is 4. The Hall–Kier alpha value is -2.07. The van der Waals surface area contributed by atoms with E-state index in [-0.39, 0.29) is 29.4 Å². The Balaban J connectivity index is 1.86. The maximum atomic E-state index is 14.1. The smallest absolute Gasteiger partial charge is 0.317 e. The number of amides is 3. The Morgan fingerprint density at radius 3 is 2.78 bits per heavy atom. The van der Waals surface area contributed by atoms with Gasteiger partial charge in [-0.3, -0.25) is 4.79 Å². The Morgan fingerprint density at radius 2 is 2.11 bits per heavy atom. The number of hydrogen-bond donors (Lipinski definition) is 3. The molecule has 0 radical (unpaired) electrons. The van der Waals surface area contributed by atoms with Crippen LogP contribution in [0, 0.1) is 5.92 Å². The molecule has 202 valence electrons. The molecule has 2 saturated heterocycles. The van der Waals surface area contributed by atoms with Crippen LogP contribution < -0.4 is 16.0 Å². The monoisotopic (exact) mass is 519 g/mol. The fraction of sp³-hybridized carbons (Fsp3) is 0.769. The molecule has 2 aliphatic heterocycles. The lowest BCUT2D eigenvalue weighted by Gasteiger charge is -2.43. The topological polar surface area (TPSA) is 102 Å². The number of piperidine rings is 1. The summed E-state index contributed by atoms with van der Waals surface area (Å²) in [6.45, 7) is 14.8. The van der Waals surface area contributed by atoms with Crippen molar-refractivity contribution in [1.82, 2.24) is 30.4 Å². The number of anilines is 1. The zero-order valence-corrected chi connectivity index (χ0v) is 23.7. The minimum Gasteiger partial charge on any atom is -0.369 e. The second-order valence-corrected chi connectivity index (χ2v) is 12.3. The summed E-state index contributed by atoms with van der Waals surface area (Å²) in [5.74, 6) is 2.64. The molecule has 2 aliphatic rings. The summed E-state index contributed by atoms with van der Waals surface area (Å²) < 4.78 is 0. The van der Waals surface area contributed by atoms with E-state index < -0.39 is 0 Å². The van der Waals surface area contributed by atoms with Gasteiger partial charge in [0.25, 0.3) is 5.91 Å². The van der Waals surface area contributed by atoms with Gasteiger partial charge < -0.3 is 25.8 Å². The molecule has 0 saturated carbocycles. The van der Waals surface area contributed by atoms with Crippen LogP contribution in [0.15, 0.2) is 6.20 Å². The van der Waals surface area contributed by atoms with E-state index in [4.69, 9.17) is 4.98 Å². The van der Waals surface area contributed by atoms with Crippen molar-refractivity contribution in [3.63, 3.8) is 0 Å². The van der Waals surface area contributed by atoms with Crippen LogP contribution in [-0.4, -0.2) is 95.1 Å². The maximum Gasteiger partial charge on any atom is 0.317 e. The second kappa shape index (κ2) is 12.9. The molecule has 0 spiro atoms. The highest BCUT2D eigenvalue weighted by Crippen LogP contribution is 2.25. The molecule has 0 aromatic carbocycles. The average molecular weight is 520 g/mol. The molecule has 3 N–H and O–H groups in total. The molecule has 0 unspecified atom stereocenters. The van der Waals surface area contributed by atoms with Crippen LogP contribution in [0.2, 0.25) is 0 Å². The summed E-state index contributed by atoms with van der Waals surface area (Å²) in [6, 6.07) is 0.0495. The van der Waals surface area contributed by atoms with Gasteiger partial charge in [0.1, 0.15) is 17.2 Å². The molecule has 0 aliphatic carbocycles. The molecule has 3 rings (SSSR count). The van der Waals surface area contributed by atoms with Crippen molar-refractivity contribution in [2.75, 3.05) is 56.6 Å². The van der Waals surface area contributed by atoms with Gasteiger partial charge in [0, 0.05) is 63.0 Å². The van der Waals surface area contributed by atoms with Crippen molar-refractivity contribution >= 4 is 29.5 Å². The number of carbonyl (C=O) groups excluding carboxylic acids is 2. The summed E-state index contributed by atoms with van der Waals surface area (Å²) in [7, 11) is 0. The number of nitrogens with one attached hydrogen (secondary N) is 3. The third-order valence-electron chi connectivity index (χ3n) is 6.63. The number of urea groups is 1. The maximum absolute atomic E-state index is 14.1. The third kappa shape index (κ3) is 7.47. The number of aromatic nitrogens is 2. The van der Waals surface area contributed by atoms with Crippen molar-refractivity contribution in [3.05, 3.63) is 17.6 Å². The van der Waals surface area contributed by atoms with Crippen molar-refractivity contribution < 1.29 is 9.59 Å². The first-order valence-corrected chi connectivity index (χ1v) is 14.7. The summed E-state index contributed by atoms with van der Waals surface area (Å²) >= 11 is 1.81. The Labute approximate surface area is 221 Å². The van der Waals surface area contributed by atoms with Crippen molar-refractivity contribution in [2.45, 2.75) is 71.4 Å². The van der Waals surface area contributed by atoms with E-state index in [1.54, 1.807) is 6.20 Å². The molecule has 3 amide bonds. The molecule has 2 fully saturated rings. The molecular formula is C26H45N7O2S. The second-order valence-electron chi connectivity index (χ2n) is 11.3. The van der Waals surface area contributed by atoms with E-state index in [0.29, 0.717) is 30.4 Å². The molecule has 1 aromatic rings. The van der Waals surface area contributed by atoms with Crippen molar-refractivity contribution in [3.8, 4) is 0 Å². The summed E-state index contributed by atoms with van der Waals surface area (Å²) in [5, 5.41) is 9.88. The van der Waals surface area contributed by atoms with Gasteiger partial charge in [0.15, 0.2) is 0 Å². The highest BCUT2D eigenvalue weighted by Gasteiger charge is 2.36. The van der Waals surface area contributed by atoms with Gasteiger partial charge in [-0.1, -0.05) is 34.6 Å². The quantitative estimate of drug-likeness (QED) is 0.408. The van der Waals surface area contributed by atoms with Crippen LogP contribution in [0.4, 0.5) is 10.6 Å². The average Bonchev–Trinajstić information content (AvgIpc) is 2.84.